The molecule has 0 aromatic carbocycles. The number of amides is 1. The van der Waals surface area contributed by atoms with Gasteiger partial charge >= 0.3 is 6.18 Å². The summed E-state index contributed by atoms with van der Waals surface area (Å²) >= 11 is 0. The number of carbonyl (C=O) groups excluding carboxylic acids is 1. The number of hydrogen-bond acceptors (Lipinski definition) is 2. The number of carbonyl (C=O) groups is 1. The van der Waals surface area contributed by atoms with Crippen molar-refractivity contribution < 1.29 is 18.0 Å². The maximum Gasteiger partial charge on any atom is 0.435 e. The fourth-order valence-electron chi connectivity index (χ4n) is 4.49. The summed E-state index contributed by atoms with van der Waals surface area (Å²) in [6, 6.07) is 0.263. The molecule has 1 N–H and O–H groups in total. The highest BCUT2D eigenvalue weighted by Gasteiger charge is 2.42. The third kappa shape index (κ3) is 3.17. The number of aromatic nitrogens is 2. The average molecular weight is 343 g/mol. The third-order valence-electron chi connectivity index (χ3n) is 5.76. The quantitative estimate of drug-likeness (QED) is 0.906. The molecule has 7 heteroatoms. The lowest BCUT2D eigenvalue weighted by atomic mass is 9.84. The molecule has 1 amide bonds. The molecule has 24 heavy (non-hydrogen) atoms. The predicted octanol–water partition coefficient (Wildman–Crippen LogP) is 3.71. The number of nitrogens with zero attached hydrogens (tertiary/aromatic N) is 2. The molecule has 2 saturated carbocycles. The minimum absolute atomic E-state index is 0.0493. The Bertz CT molecular complexity index is 625. The summed E-state index contributed by atoms with van der Waals surface area (Å²) in [5.41, 5.74) is -0.627. The maximum atomic E-state index is 12.8. The molecule has 134 valence electrons. The van der Waals surface area contributed by atoms with Crippen LogP contribution in [0, 0.1) is 24.7 Å². The molecule has 2 bridgehead atoms. The first-order chi connectivity index (χ1) is 11.2. The van der Waals surface area contributed by atoms with Gasteiger partial charge in [0.25, 0.3) is 0 Å². The van der Waals surface area contributed by atoms with Gasteiger partial charge in [-0.1, -0.05) is 6.42 Å². The lowest BCUT2D eigenvalue weighted by molar-refractivity contribution is -0.142. The Hall–Kier alpha value is -1.53. The number of rotatable bonds is 4. The van der Waals surface area contributed by atoms with Crippen molar-refractivity contribution in [2.45, 2.75) is 64.7 Å². The van der Waals surface area contributed by atoms with Gasteiger partial charge in [0.15, 0.2) is 5.69 Å². The van der Waals surface area contributed by atoms with E-state index in [1.165, 1.54) is 26.2 Å². The first-order valence-electron chi connectivity index (χ1n) is 8.60. The van der Waals surface area contributed by atoms with Gasteiger partial charge in [0.2, 0.25) is 5.91 Å². The van der Waals surface area contributed by atoms with E-state index < -0.39 is 17.9 Å². The molecular weight excluding hydrogens is 319 g/mol. The summed E-state index contributed by atoms with van der Waals surface area (Å²) < 4.78 is 39.5. The van der Waals surface area contributed by atoms with E-state index in [0.717, 1.165) is 23.1 Å². The van der Waals surface area contributed by atoms with Gasteiger partial charge in [-0.25, -0.2) is 0 Å². The molecule has 0 aliphatic heterocycles. The minimum Gasteiger partial charge on any atom is -0.352 e. The van der Waals surface area contributed by atoms with Crippen LogP contribution in [0.2, 0.25) is 0 Å². The smallest absolute Gasteiger partial charge is 0.352 e. The number of fused-ring (bicyclic) bond motifs is 2. The van der Waals surface area contributed by atoms with Crippen molar-refractivity contribution in [3.63, 3.8) is 0 Å². The third-order valence-corrected chi connectivity index (χ3v) is 5.76. The molecule has 4 nitrogen and oxygen atoms in total. The highest BCUT2D eigenvalue weighted by molar-refractivity contribution is 5.80. The molecule has 5 atom stereocenters. The van der Waals surface area contributed by atoms with E-state index in [1.807, 2.05) is 6.92 Å². The van der Waals surface area contributed by atoms with Gasteiger partial charge in [-0.05, 0) is 63.9 Å². The van der Waals surface area contributed by atoms with Crippen LogP contribution in [0.1, 0.15) is 57.0 Å². The summed E-state index contributed by atoms with van der Waals surface area (Å²) in [6.07, 6.45) is 0.443. The zero-order valence-electron chi connectivity index (χ0n) is 14.2. The van der Waals surface area contributed by atoms with E-state index in [4.69, 9.17) is 0 Å². The summed E-state index contributed by atoms with van der Waals surface area (Å²) in [7, 11) is 0. The Balaban J connectivity index is 1.65. The Morgan fingerprint density at radius 2 is 2.04 bits per heavy atom. The molecule has 0 spiro atoms. The first kappa shape index (κ1) is 17.3. The fraction of sp³-hybridized carbons (Fsp3) is 0.765. The zero-order valence-corrected chi connectivity index (χ0v) is 14.2. The SMILES string of the molecule is Cc1cc(C(F)(F)F)nn1[C@H](C)C(=O)N[C@@H](C)[C@@H]1C[C@@H]2CC[C@@H]1C2. The molecule has 3 rings (SSSR count). The van der Waals surface area contributed by atoms with Crippen LogP contribution >= 0.6 is 0 Å². The Kier molecular flexibility index (Phi) is 4.38. The van der Waals surface area contributed by atoms with Crippen molar-refractivity contribution in [3.8, 4) is 0 Å². The zero-order chi connectivity index (χ0) is 17.6. The topological polar surface area (TPSA) is 46.9 Å². The number of halogens is 3. The van der Waals surface area contributed by atoms with E-state index in [1.54, 1.807) is 6.92 Å². The molecule has 2 aliphatic rings. The van der Waals surface area contributed by atoms with Crippen molar-refractivity contribution in [1.29, 1.82) is 0 Å². The van der Waals surface area contributed by atoms with Gasteiger partial charge in [0.05, 0.1) is 0 Å². The summed E-state index contributed by atoms with van der Waals surface area (Å²) in [4.78, 5) is 12.5. The molecule has 0 radical (unpaired) electrons. The first-order valence-corrected chi connectivity index (χ1v) is 8.60. The molecule has 2 aliphatic carbocycles. The molecule has 2 fully saturated rings. The van der Waals surface area contributed by atoms with Crippen LogP contribution in [0.3, 0.4) is 0 Å². The number of alkyl halides is 3. The van der Waals surface area contributed by atoms with Crippen molar-refractivity contribution in [2.24, 2.45) is 17.8 Å². The van der Waals surface area contributed by atoms with Gasteiger partial charge in [-0.3, -0.25) is 9.48 Å². The molecule has 1 aromatic rings. The van der Waals surface area contributed by atoms with Crippen LogP contribution in [0.25, 0.3) is 0 Å². The van der Waals surface area contributed by atoms with Crippen molar-refractivity contribution >= 4 is 5.91 Å². The monoisotopic (exact) mass is 343 g/mol. The number of aryl methyl sites for hydroxylation is 1. The largest absolute Gasteiger partial charge is 0.435 e. The van der Waals surface area contributed by atoms with E-state index >= 15 is 0 Å². The Labute approximate surface area is 139 Å². The van der Waals surface area contributed by atoms with Gasteiger partial charge < -0.3 is 5.32 Å². The van der Waals surface area contributed by atoms with E-state index in [0.29, 0.717) is 17.5 Å². The Morgan fingerprint density at radius 3 is 2.54 bits per heavy atom. The second-order valence-corrected chi connectivity index (χ2v) is 7.43. The average Bonchev–Trinajstić information content (AvgIpc) is 3.20. The highest BCUT2D eigenvalue weighted by Crippen LogP contribution is 2.49. The van der Waals surface area contributed by atoms with Gasteiger partial charge in [-0.15, -0.1) is 0 Å². The van der Waals surface area contributed by atoms with E-state index in [2.05, 4.69) is 10.4 Å². The molecular formula is C17H24F3N3O. The molecule has 1 heterocycles. The van der Waals surface area contributed by atoms with Gasteiger partial charge in [-0.2, -0.15) is 18.3 Å². The molecule has 0 unspecified atom stereocenters. The summed E-state index contributed by atoms with van der Waals surface area (Å²) in [5, 5.41) is 6.57. The second kappa shape index (κ2) is 6.08. The lowest BCUT2D eigenvalue weighted by Crippen LogP contribution is -2.43. The van der Waals surface area contributed by atoms with E-state index in [-0.39, 0.29) is 11.9 Å². The second-order valence-electron chi connectivity index (χ2n) is 7.43. The summed E-state index contributed by atoms with van der Waals surface area (Å²) in [5.74, 6) is 1.69. The van der Waals surface area contributed by atoms with Crippen LogP contribution in [-0.2, 0) is 11.0 Å². The van der Waals surface area contributed by atoms with Crippen molar-refractivity contribution in [3.05, 3.63) is 17.5 Å². The van der Waals surface area contributed by atoms with Crippen molar-refractivity contribution in [1.82, 2.24) is 15.1 Å². The fourth-order valence-corrected chi connectivity index (χ4v) is 4.49. The lowest BCUT2D eigenvalue weighted by Gasteiger charge is -2.29. The van der Waals surface area contributed by atoms with Crippen LogP contribution < -0.4 is 5.32 Å². The van der Waals surface area contributed by atoms with Gasteiger partial charge in [0, 0.05) is 11.7 Å². The minimum atomic E-state index is -4.50. The number of nitrogens with one attached hydrogen (secondary N) is 1. The summed E-state index contributed by atoms with van der Waals surface area (Å²) in [6.45, 7) is 5.13. The van der Waals surface area contributed by atoms with Crippen LogP contribution in [0.15, 0.2) is 6.07 Å². The van der Waals surface area contributed by atoms with Crippen LogP contribution in [0.5, 0.6) is 0 Å². The highest BCUT2D eigenvalue weighted by atomic mass is 19.4. The van der Waals surface area contributed by atoms with Crippen LogP contribution in [-0.4, -0.2) is 21.7 Å². The normalized spacial score (nSPS) is 28.8. The predicted molar refractivity (Wildman–Crippen MR) is 83.2 cm³/mol. The number of hydrogen-bond donors (Lipinski definition) is 1. The van der Waals surface area contributed by atoms with E-state index in [9.17, 15) is 18.0 Å². The Morgan fingerprint density at radius 1 is 1.33 bits per heavy atom. The molecule has 1 aromatic heterocycles. The molecule has 0 saturated heterocycles. The van der Waals surface area contributed by atoms with Crippen molar-refractivity contribution in [2.75, 3.05) is 0 Å². The maximum absolute atomic E-state index is 12.8. The van der Waals surface area contributed by atoms with Crippen LogP contribution in [0.4, 0.5) is 13.2 Å². The van der Waals surface area contributed by atoms with Gasteiger partial charge in [0.1, 0.15) is 6.04 Å². The standard InChI is InChI=1S/C17H24F3N3O/c1-9-6-15(17(18,19)20)22-23(9)11(3)16(24)21-10(2)14-8-12-4-5-13(14)7-12/h6,10-14H,4-5,7-8H2,1-3H3,(H,21,24)/t10-,11+,12+,13+,14-/m0/s1.